The normalized spacial score (nSPS) is 10.6. The minimum absolute atomic E-state index is 0.146. The van der Waals surface area contributed by atoms with E-state index in [1.54, 1.807) is 19.1 Å². The molecule has 1 aromatic heterocycles. The van der Waals surface area contributed by atoms with Crippen molar-refractivity contribution in [3.63, 3.8) is 0 Å². The van der Waals surface area contributed by atoms with Crippen LogP contribution in [0.25, 0.3) is 5.69 Å². The Balaban J connectivity index is 1.66. The predicted molar refractivity (Wildman–Crippen MR) is 116 cm³/mol. The second-order valence-corrected chi connectivity index (χ2v) is 7.14. The van der Waals surface area contributed by atoms with Crippen molar-refractivity contribution in [1.82, 2.24) is 15.1 Å². The van der Waals surface area contributed by atoms with Gasteiger partial charge in [0.1, 0.15) is 0 Å². The number of carbonyl (C=O) groups excluding carboxylic acids is 1. The zero-order chi connectivity index (χ0) is 20.8. The van der Waals surface area contributed by atoms with Crippen LogP contribution < -0.4 is 15.6 Å². The largest absolute Gasteiger partial charge is 0.375 e. The van der Waals surface area contributed by atoms with Crippen molar-refractivity contribution in [3.8, 4) is 5.69 Å². The number of para-hydroxylation sites is 2. The van der Waals surface area contributed by atoms with E-state index in [0.717, 1.165) is 18.7 Å². The van der Waals surface area contributed by atoms with Gasteiger partial charge in [0.05, 0.1) is 10.7 Å². The number of aromatic nitrogens is 2. The highest BCUT2D eigenvalue weighted by Crippen LogP contribution is 2.19. The molecule has 0 aliphatic carbocycles. The first kappa shape index (κ1) is 20.6. The van der Waals surface area contributed by atoms with E-state index >= 15 is 0 Å². The number of benzene rings is 2. The van der Waals surface area contributed by atoms with Gasteiger partial charge < -0.3 is 10.2 Å². The molecule has 6 nitrogen and oxygen atoms in total. The van der Waals surface area contributed by atoms with Gasteiger partial charge in [0.2, 0.25) is 5.43 Å². The minimum Gasteiger partial charge on any atom is -0.375 e. The lowest BCUT2D eigenvalue weighted by Crippen LogP contribution is -2.33. The SMILES string of the molecule is Cc1cc(=O)c(C(=O)NCCCN(C)c2ccccc2)nn1-c1ccccc1Cl. The van der Waals surface area contributed by atoms with E-state index in [1.807, 2.05) is 49.5 Å². The Labute approximate surface area is 174 Å². The van der Waals surface area contributed by atoms with Crippen LogP contribution in [0, 0.1) is 6.92 Å². The third kappa shape index (κ3) is 5.03. The molecule has 0 saturated carbocycles. The average molecular weight is 411 g/mol. The summed E-state index contributed by atoms with van der Waals surface area (Å²) in [7, 11) is 2.00. The average Bonchev–Trinajstić information content (AvgIpc) is 2.72. The van der Waals surface area contributed by atoms with Gasteiger partial charge in [-0.3, -0.25) is 9.59 Å². The second kappa shape index (κ2) is 9.39. The molecule has 0 aliphatic heterocycles. The molecule has 0 radical (unpaired) electrons. The number of rotatable bonds is 7. The summed E-state index contributed by atoms with van der Waals surface area (Å²) >= 11 is 6.24. The molecule has 0 fully saturated rings. The lowest BCUT2D eigenvalue weighted by molar-refractivity contribution is 0.0945. The molecule has 2 aromatic carbocycles. The number of carbonyl (C=O) groups is 1. The fraction of sp³-hybridized carbons (Fsp3) is 0.227. The third-order valence-electron chi connectivity index (χ3n) is 4.56. The van der Waals surface area contributed by atoms with Crippen LogP contribution in [-0.4, -0.2) is 35.8 Å². The molecule has 3 rings (SSSR count). The summed E-state index contributed by atoms with van der Waals surface area (Å²) in [4.78, 5) is 26.9. The van der Waals surface area contributed by atoms with E-state index in [2.05, 4.69) is 15.3 Å². The Hall–Kier alpha value is -3.12. The van der Waals surface area contributed by atoms with Gasteiger partial charge in [-0.2, -0.15) is 5.10 Å². The Morgan fingerprint density at radius 3 is 2.55 bits per heavy atom. The van der Waals surface area contributed by atoms with Crippen LogP contribution in [0.5, 0.6) is 0 Å². The smallest absolute Gasteiger partial charge is 0.275 e. The molecule has 0 bridgehead atoms. The van der Waals surface area contributed by atoms with E-state index in [0.29, 0.717) is 22.9 Å². The molecule has 29 heavy (non-hydrogen) atoms. The number of amides is 1. The lowest BCUT2D eigenvalue weighted by Gasteiger charge is -2.19. The van der Waals surface area contributed by atoms with Gasteiger partial charge >= 0.3 is 0 Å². The number of nitrogens with one attached hydrogen (secondary N) is 1. The standard InChI is InChI=1S/C22H23ClN4O2/c1-16-15-20(28)21(25-27(16)19-12-7-6-11-18(19)23)22(29)24-13-8-14-26(2)17-9-4-3-5-10-17/h3-7,9-12,15H,8,13-14H2,1-2H3,(H,24,29). The molecule has 0 atom stereocenters. The lowest BCUT2D eigenvalue weighted by atomic mass is 10.2. The maximum Gasteiger partial charge on any atom is 0.275 e. The van der Waals surface area contributed by atoms with Crippen molar-refractivity contribution in [1.29, 1.82) is 0 Å². The van der Waals surface area contributed by atoms with Crippen LogP contribution in [0.2, 0.25) is 5.02 Å². The zero-order valence-corrected chi connectivity index (χ0v) is 17.2. The van der Waals surface area contributed by atoms with E-state index in [4.69, 9.17) is 11.6 Å². The van der Waals surface area contributed by atoms with E-state index in [9.17, 15) is 9.59 Å². The Bertz CT molecular complexity index is 1050. The number of anilines is 1. The number of nitrogens with zero attached hydrogens (tertiary/aromatic N) is 3. The maximum atomic E-state index is 12.5. The first-order chi connectivity index (χ1) is 14.0. The summed E-state index contributed by atoms with van der Waals surface area (Å²) < 4.78 is 1.52. The van der Waals surface area contributed by atoms with Gasteiger partial charge in [0.25, 0.3) is 5.91 Å². The van der Waals surface area contributed by atoms with E-state index < -0.39 is 11.3 Å². The van der Waals surface area contributed by atoms with Crippen LogP contribution in [0.4, 0.5) is 5.69 Å². The maximum absolute atomic E-state index is 12.5. The second-order valence-electron chi connectivity index (χ2n) is 6.73. The first-order valence-corrected chi connectivity index (χ1v) is 9.75. The molecular weight excluding hydrogens is 388 g/mol. The zero-order valence-electron chi connectivity index (χ0n) is 16.4. The molecule has 0 unspecified atom stereocenters. The van der Waals surface area contributed by atoms with Crippen molar-refractivity contribution < 1.29 is 4.79 Å². The van der Waals surface area contributed by atoms with Crippen molar-refractivity contribution in [3.05, 3.63) is 87.3 Å². The van der Waals surface area contributed by atoms with Gasteiger partial charge in [-0.05, 0) is 37.6 Å². The summed E-state index contributed by atoms with van der Waals surface area (Å²) in [6, 6.07) is 18.6. The van der Waals surface area contributed by atoms with Gasteiger partial charge in [-0.15, -0.1) is 0 Å². The van der Waals surface area contributed by atoms with E-state index in [1.165, 1.54) is 10.7 Å². The predicted octanol–water partition coefficient (Wildman–Crippen LogP) is 3.45. The highest BCUT2D eigenvalue weighted by molar-refractivity contribution is 6.32. The third-order valence-corrected chi connectivity index (χ3v) is 4.88. The van der Waals surface area contributed by atoms with Gasteiger partial charge in [-0.1, -0.05) is 41.9 Å². The Kier molecular flexibility index (Phi) is 6.67. The van der Waals surface area contributed by atoms with Crippen molar-refractivity contribution in [2.45, 2.75) is 13.3 Å². The molecule has 0 aliphatic rings. The fourth-order valence-electron chi connectivity index (χ4n) is 2.99. The van der Waals surface area contributed by atoms with E-state index in [-0.39, 0.29) is 5.69 Å². The quantitative estimate of drug-likeness (QED) is 0.606. The highest BCUT2D eigenvalue weighted by atomic mass is 35.5. The number of halogens is 1. The monoisotopic (exact) mass is 410 g/mol. The minimum atomic E-state index is -0.488. The topological polar surface area (TPSA) is 67.2 Å². The molecule has 0 saturated heterocycles. The van der Waals surface area contributed by atoms with Crippen LogP contribution in [0.3, 0.4) is 0 Å². The summed E-state index contributed by atoms with van der Waals surface area (Å²) in [6.07, 6.45) is 0.738. The Morgan fingerprint density at radius 1 is 1.14 bits per heavy atom. The molecule has 7 heteroatoms. The molecular formula is C22H23ClN4O2. The van der Waals surface area contributed by atoms with Crippen LogP contribution >= 0.6 is 11.6 Å². The van der Waals surface area contributed by atoms with Gasteiger partial charge in [-0.25, -0.2) is 4.68 Å². The molecule has 3 aromatic rings. The molecule has 1 amide bonds. The summed E-state index contributed by atoms with van der Waals surface area (Å²) in [6.45, 7) is 2.96. The fourth-order valence-corrected chi connectivity index (χ4v) is 3.20. The van der Waals surface area contributed by atoms with Crippen molar-refractivity contribution in [2.24, 2.45) is 0 Å². The van der Waals surface area contributed by atoms with Gasteiger partial charge in [0.15, 0.2) is 5.69 Å². The molecule has 150 valence electrons. The number of hydrogen-bond acceptors (Lipinski definition) is 4. The number of hydrogen-bond donors (Lipinski definition) is 1. The molecule has 1 N–H and O–H groups in total. The van der Waals surface area contributed by atoms with Crippen LogP contribution in [0.15, 0.2) is 65.5 Å². The molecule has 0 spiro atoms. The highest BCUT2D eigenvalue weighted by Gasteiger charge is 2.16. The van der Waals surface area contributed by atoms with Crippen molar-refractivity contribution in [2.75, 3.05) is 25.0 Å². The summed E-state index contributed by atoms with van der Waals surface area (Å²) in [5.74, 6) is -0.488. The van der Waals surface area contributed by atoms with Gasteiger partial charge in [0, 0.05) is 37.6 Å². The number of aryl methyl sites for hydroxylation is 1. The summed E-state index contributed by atoms with van der Waals surface area (Å²) in [5, 5.41) is 7.53. The molecule has 1 heterocycles. The van der Waals surface area contributed by atoms with Crippen LogP contribution in [0.1, 0.15) is 22.6 Å². The van der Waals surface area contributed by atoms with Crippen molar-refractivity contribution >= 4 is 23.2 Å². The Morgan fingerprint density at radius 2 is 1.83 bits per heavy atom. The summed E-state index contributed by atoms with van der Waals surface area (Å²) in [5.41, 5.74) is 1.77. The van der Waals surface area contributed by atoms with Crippen LogP contribution in [-0.2, 0) is 0 Å². The first-order valence-electron chi connectivity index (χ1n) is 9.37.